The van der Waals surface area contributed by atoms with E-state index in [2.05, 4.69) is 5.32 Å². The molecule has 0 unspecified atom stereocenters. The summed E-state index contributed by atoms with van der Waals surface area (Å²) in [6, 6.07) is 19.3. The van der Waals surface area contributed by atoms with E-state index in [1.54, 1.807) is 30.3 Å². The monoisotopic (exact) mass is 400 g/mol. The molecule has 148 valence electrons. The van der Waals surface area contributed by atoms with Crippen molar-refractivity contribution in [1.82, 2.24) is 0 Å². The number of carbonyl (C=O) groups excluding carboxylic acids is 4. The van der Waals surface area contributed by atoms with Crippen molar-refractivity contribution in [1.29, 1.82) is 0 Å². The Balaban J connectivity index is 1.57. The number of hydrogen-bond donors (Lipinski definition) is 1. The number of nitrogens with one attached hydrogen (secondary N) is 1. The molecular weight excluding hydrogens is 384 g/mol. The Morgan fingerprint density at radius 1 is 0.833 bits per heavy atom. The fraction of sp³-hybridized carbons (Fsp3) is 0.0435. The molecule has 7 heteroatoms. The molecule has 0 saturated carbocycles. The van der Waals surface area contributed by atoms with Crippen LogP contribution in [0.5, 0.6) is 5.75 Å². The summed E-state index contributed by atoms with van der Waals surface area (Å²) < 4.78 is 4.97. The molecule has 0 saturated heterocycles. The lowest BCUT2D eigenvalue weighted by Gasteiger charge is -2.14. The zero-order valence-electron chi connectivity index (χ0n) is 15.9. The third kappa shape index (κ3) is 3.56. The van der Waals surface area contributed by atoms with E-state index in [-0.39, 0.29) is 17.0 Å². The number of anilines is 2. The topological polar surface area (TPSA) is 92.8 Å². The van der Waals surface area contributed by atoms with Crippen molar-refractivity contribution in [2.45, 2.75) is 6.92 Å². The van der Waals surface area contributed by atoms with Crippen LogP contribution < -0.4 is 15.0 Å². The van der Waals surface area contributed by atoms with Gasteiger partial charge in [0.25, 0.3) is 17.7 Å². The van der Waals surface area contributed by atoms with Crippen LogP contribution in [0.15, 0.2) is 72.8 Å². The third-order valence-electron chi connectivity index (χ3n) is 4.54. The van der Waals surface area contributed by atoms with Gasteiger partial charge in [0.2, 0.25) is 0 Å². The average Bonchev–Trinajstić information content (AvgIpc) is 2.99. The largest absolute Gasteiger partial charge is 0.427 e. The van der Waals surface area contributed by atoms with Gasteiger partial charge >= 0.3 is 5.97 Å². The smallest absolute Gasteiger partial charge is 0.308 e. The van der Waals surface area contributed by atoms with Gasteiger partial charge in [0.05, 0.1) is 16.8 Å². The van der Waals surface area contributed by atoms with E-state index >= 15 is 0 Å². The zero-order chi connectivity index (χ0) is 21.3. The van der Waals surface area contributed by atoms with E-state index in [0.29, 0.717) is 22.7 Å². The number of benzene rings is 3. The number of nitrogens with zero attached hydrogens (tertiary/aromatic N) is 1. The van der Waals surface area contributed by atoms with Crippen molar-refractivity contribution in [2.24, 2.45) is 0 Å². The molecule has 0 fully saturated rings. The molecule has 0 atom stereocenters. The first-order chi connectivity index (χ1) is 14.4. The molecule has 1 aliphatic rings. The minimum Gasteiger partial charge on any atom is -0.427 e. The van der Waals surface area contributed by atoms with Gasteiger partial charge in [0.1, 0.15) is 5.75 Å². The van der Waals surface area contributed by atoms with E-state index in [4.69, 9.17) is 4.74 Å². The Hall–Kier alpha value is -4.26. The highest BCUT2D eigenvalue weighted by Gasteiger charge is 2.36. The van der Waals surface area contributed by atoms with Crippen molar-refractivity contribution < 1.29 is 23.9 Å². The lowest BCUT2D eigenvalue weighted by Crippen LogP contribution is -2.29. The summed E-state index contributed by atoms with van der Waals surface area (Å²) in [5.74, 6) is -1.42. The Morgan fingerprint density at radius 2 is 1.50 bits per heavy atom. The van der Waals surface area contributed by atoms with Gasteiger partial charge in [-0.2, -0.15) is 0 Å². The lowest BCUT2D eigenvalue weighted by molar-refractivity contribution is -0.131. The van der Waals surface area contributed by atoms with Gasteiger partial charge in [-0.15, -0.1) is 0 Å². The summed E-state index contributed by atoms with van der Waals surface area (Å²) in [4.78, 5) is 50.1. The first-order valence-corrected chi connectivity index (χ1v) is 9.12. The second kappa shape index (κ2) is 7.63. The van der Waals surface area contributed by atoms with Gasteiger partial charge in [-0.25, -0.2) is 4.90 Å². The molecule has 3 aromatic rings. The van der Waals surface area contributed by atoms with Crippen LogP contribution >= 0.6 is 0 Å². The van der Waals surface area contributed by atoms with E-state index in [0.717, 1.165) is 4.90 Å². The summed E-state index contributed by atoms with van der Waals surface area (Å²) in [6.45, 7) is 1.28. The maximum atomic E-state index is 12.9. The van der Waals surface area contributed by atoms with Gasteiger partial charge in [-0.1, -0.05) is 18.2 Å². The van der Waals surface area contributed by atoms with Gasteiger partial charge < -0.3 is 10.1 Å². The normalized spacial score (nSPS) is 12.5. The number of fused-ring (bicyclic) bond motifs is 1. The molecule has 0 bridgehead atoms. The first-order valence-electron chi connectivity index (χ1n) is 9.12. The van der Waals surface area contributed by atoms with Crippen LogP contribution in [0.3, 0.4) is 0 Å². The average molecular weight is 400 g/mol. The van der Waals surface area contributed by atoms with E-state index in [1.807, 2.05) is 6.07 Å². The van der Waals surface area contributed by atoms with Crippen LogP contribution in [-0.4, -0.2) is 23.7 Å². The number of imide groups is 1. The predicted molar refractivity (Wildman–Crippen MR) is 110 cm³/mol. The number of ether oxygens (including phenoxy) is 1. The van der Waals surface area contributed by atoms with Crippen molar-refractivity contribution in [3.05, 3.63) is 89.5 Å². The maximum absolute atomic E-state index is 12.9. The molecule has 30 heavy (non-hydrogen) atoms. The number of rotatable bonds is 4. The molecular formula is C23H16N2O5. The molecule has 7 nitrogen and oxygen atoms in total. The fourth-order valence-corrected chi connectivity index (χ4v) is 3.18. The van der Waals surface area contributed by atoms with Crippen molar-refractivity contribution in [3.8, 4) is 5.75 Å². The molecule has 0 spiro atoms. The fourth-order valence-electron chi connectivity index (χ4n) is 3.18. The van der Waals surface area contributed by atoms with Crippen LogP contribution in [0.1, 0.15) is 38.0 Å². The summed E-state index contributed by atoms with van der Waals surface area (Å²) in [6.07, 6.45) is 0. The third-order valence-corrected chi connectivity index (χ3v) is 4.54. The molecule has 4 rings (SSSR count). The van der Waals surface area contributed by atoms with Crippen molar-refractivity contribution >= 4 is 35.1 Å². The van der Waals surface area contributed by atoms with Gasteiger partial charge in [0, 0.05) is 18.2 Å². The number of carbonyl (C=O) groups is 4. The van der Waals surface area contributed by atoms with Crippen LogP contribution in [0.2, 0.25) is 0 Å². The molecule has 3 amide bonds. The molecule has 1 N–H and O–H groups in total. The Bertz CT molecular complexity index is 1170. The standard InChI is InChI=1S/C23H16N2O5/c1-14(26)30-18-10-8-17(9-11-18)25-22(28)19-12-7-16(13-20(19)23(25)29)24-21(27)15-5-3-2-4-6-15/h2-13H,1H3,(H,24,27). The highest BCUT2D eigenvalue weighted by molar-refractivity contribution is 6.34. The summed E-state index contributed by atoms with van der Waals surface area (Å²) in [5, 5.41) is 2.73. The summed E-state index contributed by atoms with van der Waals surface area (Å²) in [5.41, 5.74) is 1.70. The Kier molecular flexibility index (Phi) is 4.85. The van der Waals surface area contributed by atoms with Crippen LogP contribution in [-0.2, 0) is 4.79 Å². The Labute approximate surface area is 171 Å². The van der Waals surface area contributed by atoms with Gasteiger partial charge in [0.15, 0.2) is 0 Å². The number of amides is 3. The molecule has 0 aliphatic carbocycles. The second-order valence-electron chi connectivity index (χ2n) is 6.61. The van der Waals surface area contributed by atoms with Gasteiger partial charge in [-0.3, -0.25) is 19.2 Å². The number of esters is 1. The summed E-state index contributed by atoms with van der Waals surface area (Å²) >= 11 is 0. The van der Waals surface area contributed by atoms with Crippen molar-refractivity contribution in [2.75, 3.05) is 10.2 Å². The van der Waals surface area contributed by atoms with Crippen LogP contribution in [0, 0.1) is 0 Å². The SMILES string of the molecule is CC(=O)Oc1ccc(N2C(=O)c3ccc(NC(=O)c4ccccc4)cc3C2=O)cc1. The zero-order valence-corrected chi connectivity index (χ0v) is 15.9. The van der Waals surface area contributed by atoms with Crippen molar-refractivity contribution in [3.63, 3.8) is 0 Å². The number of hydrogen-bond acceptors (Lipinski definition) is 5. The van der Waals surface area contributed by atoms with Crippen LogP contribution in [0.4, 0.5) is 11.4 Å². The van der Waals surface area contributed by atoms with Crippen LogP contribution in [0.25, 0.3) is 0 Å². The molecule has 0 aromatic heterocycles. The van der Waals surface area contributed by atoms with E-state index in [1.165, 1.54) is 43.3 Å². The van der Waals surface area contributed by atoms with E-state index < -0.39 is 17.8 Å². The molecule has 3 aromatic carbocycles. The minimum atomic E-state index is -0.494. The lowest BCUT2D eigenvalue weighted by atomic mass is 10.1. The van der Waals surface area contributed by atoms with Gasteiger partial charge in [-0.05, 0) is 54.6 Å². The maximum Gasteiger partial charge on any atom is 0.308 e. The summed E-state index contributed by atoms with van der Waals surface area (Å²) in [7, 11) is 0. The highest BCUT2D eigenvalue weighted by Crippen LogP contribution is 2.31. The molecule has 0 radical (unpaired) electrons. The molecule has 1 heterocycles. The highest BCUT2D eigenvalue weighted by atomic mass is 16.5. The Morgan fingerprint density at radius 3 is 2.17 bits per heavy atom. The first kappa shape index (κ1) is 19.1. The second-order valence-corrected chi connectivity index (χ2v) is 6.61. The predicted octanol–water partition coefficient (Wildman–Crippen LogP) is 3.66. The minimum absolute atomic E-state index is 0.204. The van der Waals surface area contributed by atoms with E-state index in [9.17, 15) is 19.2 Å². The quantitative estimate of drug-likeness (QED) is 0.410. The molecule has 1 aliphatic heterocycles.